The zero-order valence-corrected chi connectivity index (χ0v) is 10.4. The summed E-state index contributed by atoms with van der Waals surface area (Å²) in [6.07, 6.45) is 2.69. The van der Waals surface area contributed by atoms with Crippen LogP contribution in [0.15, 0.2) is 24.4 Å². The molecule has 0 aliphatic carbocycles. The van der Waals surface area contributed by atoms with Crippen molar-refractivity contribution in [2.45, 2.75) is 19.9 Å². The van der Waals surface area contributed by atoms with Crippen LogP contribution in [-0.2, 0) is 20.0 Å². The van der Waals surface area contributed by atoms with Crippen molar-refractivity contribution in [2.24, 2.45) is 7.05 Å². The van der Waals surface area contributed by atoms with Gasteiger partial charge in [-0.2, -0.15) is 5.10 Å². The van der Waals surface area contributed by atoms with Crippen LogP contribution in [0.25, 0.3) is 0 Å². The van der Waals surface area contributed by atoms with E-state index in [1.165, 1.54) is 18.2 Å². The van der Waals surface area contributed by atoms with Gasteiger partial charge in [0.1, 0.15) is 11.6 Å². The van der Waals surface area contributed by atoms with E-state index >= 15 is 0 Å². The molecule has 4 nitrogen and oxygen atoms in total. The summed E-state index contributed by atoms with van der Waals surface area (Å²) in [5.41, 5.74) is 2.39. The Morgan fingerprint density at radius 3 is 2.94 bits per heavy atom. The number of phenols is 1. The number of benzene rings is 1. The Labute approximate surface area is 105 Å². The number of anilines is 1. The Balaban J connectivity index is 2.13. The van der Waals surface area contributed by atoms with Crippen molar-refractivity contribution in [2.75, 3.05) is 5.32 Å². The summed E-state index contributed by atoms with van der Waals surface area (Å²) >= 11 is 0. The molecule has 96 valence electrons. The Bertz CT molecular complexity index is 551. The van der Waals surface area contributed by atoms with Crippen molar-refractivity contribution in [3.05, 3.63) is 41.5 Å². The highest BCUT2D eigenvalue weighted by atomic mass is 19.1. The van der Waals surface area contributed by atoms with Gasteiger partial charge in [-0.1, -0.05) is 6.92 Å². The van der Waals surface area contributed by atoms with Crippen LogP contribution in [0.2, 0.25) is 0 Å². The monoisotopic (exact) mass is 249 g/mol. The smallest absolute Gasteiger partial charge is 0.123 e. The average molecular weight is 249 g/mol. The molecule has 0 saturated carbocycles. The molecular weight excluding hydrogens is 233 g/mol. The molecule has 0 radical (unpaired) electrons. The topological polar surface area (TPSA) is 50.1 Å². The third-order valence-electron chi connectivity index (χ3n) is 2.75. The lowest BCUT2D eigenvalue weighted by Gasteiger charge is -2.07. The molecule has 0 bridgehead atoms. The lowest BCUT2D eigenvalue weighted by atomic mass is 10.2. The number of nitrogens with one attached hydrogen (secondary N) is 1. The molecule has 0 unspecified atom stereocenters. The van der Waals surface area contributed by atoms with E-state index in [1.54, 1.807) is 4.68 Å². The lowest BCUT2D eigenvalue weighted by Crippen LogP contribution is -2.01. The summed E-state index contributed by atoms with van der Waals surface area (Å²) in [7, 11) is 1.85. The van der Waals surface area contributed by atoms with Crippen molar-refractivity contribution in [1.82, 2.24) is 9.78 Å². The van der Waals surface area contributed by atoms with Crippen LogP contribution in [0.3, 0.4) is 0 Å². The molecule has 5 heteroatoms. The van der Waals surface area contributed by atoms with Crippen molar-refractivity contribution >= 4 is 5.69 Å². The second-order valence-electron chi connectivity index (χ2n) is 4.14. The number of phenolic OH excluding ortho intramolecular Hbond substituents is 1. The molecule has 1 aromatic carbocycles. The standard InChI is InChI=1S/C13H16FN3O/c1-3-11-12(8-17(2)16-11)15-7-9-6-10(14)4-5-13(9)18/h4-6,8,15,18H,3,7H2,1-2H3. The van der Waals surface area contributed by atoms with Crippen LogP contribution in [0.4, 0.5) is 10.1 Å². The molecule has 0 amide bonds. The fourth-order valence-corrected chi connectivity index (χ4v) is 1.83. The molecule has 2 rings (SSSR count). The van der Waals surface area contributed by atoms with Crippen LogP contribution in [0.1, 0.15) is 18.2 Å². The Morgan fingerprint density at radius 2 is 2.22 bits per heavy atom. The number of aryl methyl sites for hydroxylation is 2. The first kappa shape index (κ1) is 12.4. The Morgan fingerprint density at radius 1 is 1.44 bits per heavy atom. The number of hydrogen-bond acceptors (Lipinski definition) is 3. The van der Waals surface area contributed by atoms with E-state index in [-0.39, 0.29) is 11.6 Å². The first-order valence-corrected chi connectivity index (χ1v) is 5.84. The maximum atomic E-state index is 13.1. The minimum absolute atomic E-state index is 0.0887. The molecule has 0 fully saturated rings. The maximum absolute atomic E-state index is 13.1. The molecule has 1 aromatic heterocycles. The molecular formula is C13H16FN3O. The largest absolute Gasteiger partial charge is 0.508 e. The second-order valence-corrected chi connectivity index (χ2v) is 4.14. The van der Waals surface area contributed by atoms with Gasteiger partial charge in [0.05, 0.1) is 11.4 Å². The fourth-order valence-electron chi connectivity index (χ4n) is 1.83. The maximum Gasteiger partial charge on any atom is 0.123 e. The van der Waals surface area contributed by atoms with Gasteiger partial charge in [-0.15, -0.1) is 0 Å². The van der Waals surface area contributed by atoms with Crippen molar-refractivity contribution in [3.63, 3.8) is 0 Å². The molecule has 0 spiro atoms. The summed E-state index contributed by atoms with van der Waals surface area (Å²) < 4.78 is 14.8. The minimum atomic E-state index is -0.355. The van der Waals surface area contributed by atoms with Crippen LogP contribution < -0.4 is 5.32 Å². The van der Waals surface area contributed by atoms with Gasteiger partial charge in [-0.05, 0) is 24.6 Å². The highest BCUT2D eigenvalue weighted by Gasteiger charge is 2.07. The van der Waals surface area contributed by atoms with Crippen LogP contribution in [0.5, 0.6) is 5.75 Å². The van der Waals surface area contributed by atoms with Gasteiger partial charge >= 0.3 is 0 Å². The van der Waals surface area contributed by atoms with E-state index in [0.717, 1.165) is 17.8 Å². The lowest BCUT2D eigenvalue weighted by molar-refractivity contribution is 0.466. The van der Waals surface area contributed by atoms with Gasteiger partial charge in [-0.25, -0.2) is 4.39 Å². The van der Waals surface area contributed by atoms with Crippen LogP contribution in [-0.4, -0.2) is 14.9 Å². The summed E-state index contributed by atoms with van der Waals surface area (Å²) in [5.74, 6) is -0.266. The van der Waals surface area contributed by atoms with Crippen LogP contribution in [0, 0.1) is 5.82 Å². The molecule has 1 heterocycles. The fraction of sp³-hybridized carbons (Fsp3) is 0.308. The quantitative estimate of drug-likeness (QED) is 0.875. The van der Waals surface area contributed by atoms with E-state index in [2.05, 4.69) is 10.4 Å². The van der Waals surface area contributed by atoms with Gasteiger partial charge in [0.15, 0.2) is 0 Å². The molecule has 2 aromatic rings. The summed E-state index contributed by atoms with van der Waals surface area (Å²) in [4.78, 5) is 0. The molecule has 0 aliphatic heterocycles. The van der Waals surface area contributed by atoms with Gasteiger partial charge in [0.25, 0.3) is 0 Å². The minimum Gasteiger partial charge on any atom is -0.508 e. The van der Waals surface area contributed by atoms with Crippen molar-refractivity contribution in [1.29, 1.82) is 0 Å². The Hall–Kier alpha value is -2.04. The SMILES string of the molecule is CCc1nn(C)cc1NCc1cc(F)ccc1O. The van der Waals surface area contributed by atoms with Gasteiger partial charge < -0.3 is 10.4 Å². The van der Waals surface area contributed by atoms with Crippen LogP contribution >= 0.6 is 0 Å². The molecule has 0 aliphatic rings. The number of aromatic nitrogens is 2. The van der Waals surface area contributed by atoms with Crippen molar-refractivity contribution < 1.29 is 9.50 Å². The molecule has 2 N–H and O–H groups in total. The highest BCUT2D eigenvalue weighted by Crippen LogP contribution is 2.20. The first-order valence-electron chi connectivity index (χ1n) is 5.84. The number of hydrogen-bond donors (Lipinski definition) is 2. The predicted molar refractivity (Wildman–Crippen MR) is 68.0 cm³/mol. The third kappa shape index (κ3) is 2.61. The summed E-state index contributed by atoms with van der Waals surface area (Å²) in [6.45, 7) is 2.38. The first-order chi connectivity index (χ1) is 8.60. The number of rotatable bonds is 4. The number of aromatic hydroxyl groups is 1. The summed E-state index contributed by atoms with van der Waals surface area (Å²) in [5, 5.41) is 17.1. The average Bonchev–Trinajstić information content (AvgIpc) is 2.71. The third-order valence-corrected chi connectivity index (χ3v) is 2.75. The van der Waals surface area contributed by atoms with E-state index in [1.807, 2.05) is 20.2 Å². The van der Waals surface area contributed by atoms with E-state index < -0.39 is 0 Å². The highest BCUT2D eigenvalue weighted by molar-refractivity contribution is 5.48. The zero-order chi connectivity index (χ0) is 13.1. The number of halogens is 1. The van der Waals surface area contributed by atoms with Gasteiger partial charge in [-0.3, -0.25) is 4.68 Å². The van der Waals surface area contributed by atoms with Gasteiger partial charge in [0, 0.05) is 25.4 Å². The predicted octanol–water partition coefficient (Wildman–Crippen LogP) is 2.44. The van der Waals surface area contributed by atoms with Crippen molar-refractivity contribution in [3.8, 4) is 5.75 Å². The molecule has 18 heavy (non-hydrogen) atoms. The van der Waals surface area contributed by atoms with E-state index in [9.17, 15) is 9.50 Å². The zero-order valence-electron chi connectivity index (χ0n) is 10.4. The second kappa shape index (κ2) is 5.08. The molecule has 0 saturated heterocycles. The number of nitrogens with zero attached hydrogens (tertiary/aromatic N) is 2. The van der Waals surface area contributed by atoms with E-state index in [4.69, 9.17) is 0 Å². The van der Waals surface area contributed by atoms with Gasteiger partial charge in [0.2, 0.25) is 0 Å². The summed E-state index contributed by atoms with van der Waals surface area (Å²) in [6, 6.07) is 3.92. The molecule has 0 atom stereocenters. The van der Waals surface area contributed by atoms with E-state index in [0.29, 0.717) is 12.1 Å². The Kier molecular flexibility index (Phi) is 3.50. The normalized spacial score (nSPS) is 10.6.